The highest BCUT2D eigenvalue weighted by Gasteiger charge is 2.32. The van der Waals surface area contributed by atoms with E-state index in [9.17, 15) is 13.2 Å². The fourth-order valence-electron chi connectivity index (χ4n) is 4.29. The van der Waals surface area contributed by atoms with E-state index in [-0.39, 0.29) is 28.9 Å². The van der Waals surface area contributed by atoms with E-state index in [2.05, 4.69) is 34.0 Å². The van der Waals surface area contributed by atoms with Crippen LogP contribution in [0.4, 0.5) is 5.13 Å². The van der Waals surface area contributed by atoms with E-state index in [4.69, 9.17) is 4.74 Å². The van der Waals surface area contributed by atoms with Gasteiger partial charge in [0.05, 0.1) is 17.9 Å². The molecule has 11 heteroatoms. The summed E-state index contributed by atoms with van der Waals surface area (Å²) in [5.41, 5.74) is 0.934. The van der Waals surface area contributed by atoms with Crippen LogP contribution in [0.25, 0.3) is 0 Å². The van der Waals surface area contributed by atoms with Gasteiger partial charge in [-0.2, -0.15) is 4.31 Å². The fraction of sp³-hybridized carbons (Fsp3) is 0.571. The Morgan fingerprint density at radius 2 is 1.97 bits per heavy atom. The molecule has 0 aromatic carbocycles. The number of nitrogens with zero attached hydrogens (tertiary/aromatic N) is 4. The molecule has 0 unspecified atom stereocenters. The molecule has 0 bridgehead atoms. The minimum Gasteiger partial charge on any atom is -0.373 e. The lowest BCUT2D eigenvalue weighted by molar-refractivity contribution is -0.120. The van der Waals surface area contributed by atoms with Gasteiger partial charge in [0.2, 0.25) is 15.9 Å². The fourth-order valence-corrected chi connectivity index (χ4v) is 6.43. The number of pyridine rings is 1. The SMILES string of the molecule is C[C@H]1CN(Cc2csc(NC(=O)C3CCN(S(=O)(=O)c4cccnc4)CC3)n2)C[C@H](C)O1. The van der Waals surface area contributed by atoms with Crippen molar-refractivity contribution < 1.29 is 17.9 Å². The van der Waals surface area contributed by atoms with Gasteiger partial charge in [0.15, 0.2) is 5.13 Å². The first-order chi connectivity index (χ1) is 15.3. The van der Waals surface area contributed by atoms with Gasteiger partial charge in [0.25, 0.3) is 0 Å². The Morgan fingerprint density at radius 3 is 2.62 bits per heavy atom. The maximum atomic E-state index is 12.7. The smallest absolute Gasteiger partial charge is 0.244 e. The van der Waals surface area contributed by atoms with Crippen LogP contribution >= 0.6 is 11.3 Å². The number of carbonyl (C=O) groups is 1. The van der Waals surface area contributed by atoms with Crippen LogP contribution in [-0.4, -0.2) is 71.9 Å². The Morgan fingerprint density at radius 1 is 1.25 bits per heavy atom. The predicted molar refractivity (Wildman–Crippen MR) is 122 cm³/mol. The van der Waals surface area contributed by atoms with E-state index in [1.807, 2.05) is 5.38 Å². The third kappa shape index (κ3) is 5.52. The van der Waals surface area contributed by atoms with Crippen LogP contribution in [0.15, 0.2) is 34.8 Å². The van der Waals surface area contributed by atoms with Crippen LogP contribution in [0, 0.1) is 5.92 Å². The zero-order valence-corrected chi connectivity index (χ0v) is 19.9. The Balaban J connectivity index is 1.28. The molecule has 0 spiro atoms. The quantitative estimate of drug-likeness (QED) is 0.677. The number of aromatic nitrogens is 2. The molecule has 2 aliphatic rings. The summed E-state index contributed by atoms with van der Waals surface area (Å²) in [6, 6.07) is 3.15. The van der Waals surface area contributed by atoms with Crippen LogP contribution in [0.2, 0.25) is 0 Å². The van der Waals surface area contributed by atoms with Crippen LogP contribution in [0.3, 0.4) is 0 Å². The molecule has 1 amide bonds. The molecule has 2 saturated heterocycles. The first-order valence-corrected chi connectivity index (χ1v) is 13.2. The largest absolute Gasteiger partial charge is 0.373 e. The molecule has 174 valence electrons. The van der Waals surface area contributed by atoms with Gasteiger partial charge in [-0.1, -0.05) is 0 Å². The third-order valence-electron chi connectivity index (χ3n) is 5.76. The highest BCUT2D eigenvalue weighted by molar-refractivity contribution is 7.89. The molecule has 4 rings (SSSR count). The number of ether oxygens (including phenoxy) is 1. The third-order valence-corrected chi connectivity index (χ3v) is 8.45. The summed E-state index contributed by atoms with van der Waals surface area (Å²) in [5.74, 6) is -0.332. The van der Waals surface area contributed by atoms with Crippen molar-refractivity contribution in [1.29, 1.82) is 0 Å². The molecule has 2 atom stereocenters. The van der Waals surface area contributed by atoms with E-state index < -0.39 is 10.0 Å². The summed E-state index contributed by atoms with van der Waals surface area (Å²) in [5, 5.41) is 5.48. The molecule has 1 N–H and O–H groups in total. The first kappa shape index (κ1) is 23.2. The molecule has 2 aliphatic heterocycles. The van der Waals surface area contributed by atoms with E-state index in [0.717, 1.165) is 25.3 Å². The van der Waals surface area contributed by atoms with E-state index in [1.54, 1.807) is 18.3 Å². The molecule has 0 radical (unpaired) electrons. The summed E-state index contributed by atoms with van der Waals surface area (Å²) < 4.78 is 32.7. The maximum Gasteiger partial charge on any atom is 0.244 e. The minimum absolute atomic E-state index is 0.0991. The molecule has 4 heterocycles. The van der Waals surface area contributed by atoms with Crippen LogP contribution in [0.1, 0.15) is 32.4 Å². The van der Waals surface area contributed by atoms with E-state index >= 15 is 0 Å². The number of thiazole rings is 1. The van der Waals surface area contributed by atoms with Gasteiger partial charge in [0.1, 0.15) is 4.90 Å². The van der Waals surface area contributed by atoms with Crippen LogP contribution < -0.4 is 5.32 Å². The Hall–Kier alpha value is -1.92. The first-order valence-electron chi connectivity index (χ1n) is 10.8. The number of sulfonamides is 1. The number of anilines is 1. The van der Waals surface area contributed by atoms with E-state index in [1.165, 1.54) is 21.8 Å². The van der Waals surface area contributed by atoms with Gasteiger partial charge in [-0.15, -0.1) is 11.3 Å². The topological polar surface area (TPSA) is 105 Å². The maximum absolute atomic E-state index is 12.7. The van der Waals surface area contributed by atoms with Crippen molar-refractivity contribution in [2.24, 2.45) is 5.92 Å². The van der Waals surface area contributed by atoms with Crippen molar-refractivity contribution in [2.45, 2.75) is 50.3 Å². The molecular weight excluding hydrogens is 450 g/mol. The monoisotopic (exact) mass is 479 g/mol. The molecule has 2 fully saturated rings. The van der Waals surface area contributed by atoms with Crippen molar-refractivity contribution in [1.82, 2.24) is 19.2 Å². The summed E-state index contributed by atoms with van der Waals surface area (Å²) in [4.78, 5) is 23.7. The molecular formula is C21H29N5O4S2. The normalized spacial score (nSPS) is 23.8. The zero-order valence-electron chi connectivity index (χ0n) is 18.3. The van der Waals surface area contributed by atoms with Crippen molar-refractivity contribution in [3.8, 4) is 0 Å². The van der Waals surface area contributed by atoms with Crippen molar-refractivity contribution >= 4 is 32.4 Å². The molecule has 32 heavy (non-hydrogen) atoms. The molecule has 9 nitrogen and oxygen atoms in total. The van der Waals surface area contributed by atoms with E-state index in [0.29, 0.717) is 31.1 Å². The second-order valence-corrected chi connectivity index (χ2v) is 11.2. The highest BCUT2D eigenvalue weighted by atomic mass is 32.2. The van der Waals surface area contributed by atoms with Gasteiger partial charge < -0.3 is 10.1 Å². The van der Waals surface area contributed by atoms with Gasteiger partial charge in [-0.25, -0.2) is 13.4 Å². The zero-order chi connectivity index (χ0) is 22.7. The molecule has 0 saturated carbocycles. The number of hydrogen-bond acceptors (Lipinski definition) is 8. The predicted octanol–water partition coefficient (Wildman–Crippen LogP) is 2.19. The summed E-state index contributed by atoms with van der Waals surface area (Å²) in [7, 11) is -3.57. The second kappa shape index (κ2) is 9.92. The highest BCUT2D eigenvalue weighted by Crippen LogP contribution is 2.26. The number of rotatable bonds is 6. The average Bonchev–Trinajstić information content (AvgIpc) is 3.20. The van der Waals surface area contributed by atoms with Gasteiger partial charge >= 0.3 is 0 Å². The van der Waals surface area contributed by atoms with Gasteiger partial charge in [-0.3, -0.25) is 14.7 Å². The van der Waals surface area contributed by atoms with Crippen LogP contribution in [-0.2, 0) is 26.1 Å². The number of hydrogen-bond donors (Lipinski definition) is 1. The Labute approximate surface area is 192 Å². The van der Waals surface area contributed by atoms with Gasteiger partial charge in [-0.05, 0) is 38.8 Å². The number of piperidine rings is 1. The summed E-state index contributed by atoms with van der Waals surface area (Å²) >= 11 is 1.42. The standard InChI is InChI=1S/C21H29N5O4S2/c1-15-11-25(12-16(2)30-15)13-18-14-31-21(23-18)24-20(27)17-5-8-26(9-6-17)32(28,29)19-4-3-7-22-10-19/h3-4,7,10,14-17H,5-6,8-9,11-13H2,1-2H3,(H,23,24,27)/t15-,16-/m0/s1. The molecule has 2 aromatic heterocycles. The summed E-state index contributed by atoms with van der Waals surface area (Å²) in [6.07, 6.45) is 4.25. The summed E-state index contributed by atoms with van der Waals surface area (Å²) in [6.45, 7) is 7.23. The Bertz CT molecular complexity index is 1010. The van der Waals surface area contributed by atoms with Crippen molar-refractivity contribution in [2.75, 3.05) is 31.5 Å². The second-order valence-electron chi connectivity index (χ2n) is 8.45. The van der Waals surface area contributed by atoms with Gasteiger partial charge in [0, 0.05) is 56.4 Å². The molecule has 2 aromatic rings. The lowest BCUT2D eigenvalue weighted by atomic mass is 9.97. The minimum atomic E-state index is -3.57. The number of carbonyl (C=O) groups excluding carboxylic acids is 1. The molecule has 0 aliphatic carbocycles. The van der Waals surface area contributed by atoms with Crippen molar-refractivity contribution in [3.63, 3.8) is 0 Å². The lowest BCUT2D eigenvalue weighted by Crippen LogP contribution is -2.44. The number of morpholine rings is 1. The Kier molecular flexibility index (Phi) is 7.21. The number of amides is 1. The van der Waals surface area contributed by atoms with Crippen molar-refractivity contribution in [3.05, 3.63) is 35.6 Å². The number of nitrogens with one attached hydrogen (secondary N) is 1. The van der Waals surface area contributed by atoms with Crippen LogP contribution in [0.5, 0.6) is 0 Å². The lowest BCUT2D eigenvalue weighted by Gasteiger charge is -2.34. The average molecular weight is 480 g/mol.